The number of amides is 3. The number of carbonyl (C=O) groups excluding carboxylic acids is 3. The molecule has 0 bridgehead atoms. The summed E-state index contributed by atoms with van der Waals surface area (Å²) in [7, 11) is 1.66. The molecule has 30 heavy (non-hydrogen) atoms. The minimum atomic E-state index is -0.578. The maximum atomic E-state index is 12.7. The number of hydrogen-bond acceptors (Lipinski definition) is 4. The molecule has 1 unspecified atom stereocenters. The third kappa shape index (κ3) is 5.44. The van der Waals surface area contributed by atoms with Crippen molar-refractivity contribution in [3.05, 3.63) is 35.9 Å². The highest BCUT2D eigenvalue weighted by Gasteiger charge is 2.41. The minimum absolute atomic E-state index is 0.0375. The Kier molecular flexibility index (Phi) is 7.20. The van der Waals surface area contributed by atoms with Crippen LogP contribution in [-0.2, 0) is 14.4 Å². The van der Waals surface area contributed by atoms with Crippen LogP contribution in [0.15, 0.2) is 35.9 Å². The summed E-state index contributed by atoms with van der Waals surface area (Å²) in [6.45, 7) is 2.08. The van der Waals surface area contributed by atoms with Gasteiger partial charge in [-0.25, -0.2) is 0 Å². The van der Waals surface area contributed by atoms with E-state index in [1.54, 1.807) is 31.3 Å². The molecule has 3 rings (SSSR count). The van der Waals surface area contributed by atoms with Crippen LogP contribution in [-0.4, -0.2) is 52.3 Å². The van der Waals surface area contributed by atoms with Crippen molar-refractivity contribution in [1.82, 2.24) is 9.80 Å². The number of likely N-dealkylation sites (N-methyl/N-ethyl adjacent to an activating group) is 1. The third-order valence-electron chi connectivity index (χ3n) is 5.45. The number of thiocarbonyl (C=S) groups is 1. The molecule has 0 radical (unpaired) electrons. The van der Waals surface area contributed by atoms with Crippen molar-refractivity contribution in [3.8, 4) is 0 Å². The summed E-state index contributed by atoms with van der Waals surface area (Å²) in [5.74, 6) is -0.551. The molecule has 7 nitrogen and oxygen atoms in total. The van der Waals surface area contributed by atoms with Gasteiger partial charge in [-0.1, -0.05) is 11.6 Å². The molecule has 0 spiro atoms. The van der Waals surface area contributed by atoms with E-state index >= 15 is 0 Å². The topological polar surface area (TPSA) is 81.8 Å². The molecular weight excluding hydrogens is 400 g/mol. The second-order valence-electron chi connectivity index (χ2n) is 7.76. The molecule has 0 saturated carbocycles. The van der Waals surface area contributed by atoms with Crippen LogP contribution in [0.2, 0.25) is 0 Å². The molecule has 1 aromatic rings. The van der Waals surface area contributed by atoms with Gasteiger partial charge < -0.3 is 15.5 Å². The first kappa shape index (κ1) is 22.0. The van der Waals surface area contributed by atoms with Crippen LogP contribution in [0.25, 0.3) is 0 Å². The Balaban J connectivity index is 1.60. The number of allylic oxidation sites excluding steroid dienone is 1. The summed E-state index contributed by atoms with van der Waals surface area (Å²) >= 11 is 5.46. The maximum absolute atomic E-state index is 12.7. The number of rotatable bonds is 7. The molecule has 8 heteroatoms. The van der Waals surface area contributed by atoms with Crippen LogP contribution in [0.1, 0.15) is 45.4 Å². The third-order valence-corrected chi connectivity index (χ3v) is 5.96. The average molecular weight is 429 g/mol. The molecule has 1 fully saturated rings. The van der Waals surface area contributed by atoms with Crippen LogP contribution in [0.4, 0.5) is 11.4 Å². The summed E-state index contributed by atoms with van der Waals surface area (Å²) in [6, 6.07) is 6.27. The second-order valence-corrected chi connectivity index (χ2v) is 8.12. The minimum Gasteiger partial charge on any atom is -0.336 e. The van der Waals surface area contributed by atoms with Gasteiger partial charge in [0.1, 0.15) is 6.04 Å². The number of carbonyl (C=O) groups is 3. The van der Waals surface area contributed by atoms with Gasteiger partial charge in [0.15, 0.2) is 5.11 Å². The SMILES string of the molecule is CC(=O)Nc1ccc(NC(=O)CC2C(=O)N(C)C(=S)N2CCC2=CCCCC2)cc1. The fourth-order valence-corrected chi connectivity index (χ4v) is 4.16. The Morgan fingerprint density at radius 1 is 1.13 bits per heavy atom. The van der Waals surface area contributed by atoms with E-state index in [9.17, 15) is 14.4 Å². The van der Waals surface area contributed by atoms with E-state index in [1.165, 1.54) is 30.2 Å². The molecule has 1 aliphatic heterocycles. The van der Waals surface area contributed by atoms with Crippen LogP contribution in [0, 0.1) is 0 Å². The highest BCUT2D eigenvalue weighted by Crippen LogP contribution is 2.25. The summed E-state index contributed by atoms with van der Waals surface area (Å²) in [6.07, 6.45) is 7.86. The normalized spacial score (nSPS) is 19.0. The van der Waals surface area contributed by atoms with Crippen molar-refractivity contribution in [2.75, 3.05) is 24.2 Å². The largest absolute Gasteiger partial charge is 0.336 e. The zero-order valence-electron chi connectivity index (χ0n) is 17.4. The summed E-state index contributed by atoms with van der Waals surface area (Å²) < 4.78 is 0. The van der Waals surface area contributed by atoms with E-state index in [2.05, 4.69) is 16.7 Å². The number of benzene rings is 1. The van der Waals surface area contributed by atoms with Crippen LogP contribution in [0.3, 0.4) is 0 Å². The Hall–Kier alpha value is -2.74. The first-order valence-corrected chi connectivity index (χ1v) is 10.7. The molecule has 3 amide bonds. The Morgan fingerprint density at radius 2 is 1.80 bits per heavy atom. The summed E-state index contributed by atoms with van der Waals surface area (Å²) in [5, 5.41) is 5.98. The van der Waals surface area contributed by atoms with Gasteiger partial charge in [-0.2, -0.15) is 0 Å². The standard InChI is InChI=1S/C22H28N4O3S/c1-15(27)23-17-8-10-18(11-9-17)24-20(28)14-19-21(29)25(2)22(30)26(19)13-12-16-6-4-3-5-7-16/h6,8-11,19H,3-5,7,12-14H2,1-2H3,(H,23,27)(H,24,28). The zero-order chi connectivity index (χ0) is 21.7. The molecule has 160 valence electrons. The predicted molar refractivity (Wildman–Crippen MR) is 121 cm³/mol. The number of anilines is 2. The van der Waals surface area contributed by atoms with Crippen LogP contribution >= 0.6 is 12.2 Å². The van der Waals surface area contributed by atoms with E-state index in [1.807, 2.05) is 4.90 Å². The lowest BCUT2D eigenvalue weighted by molar-refractivity contribution is -0.130. The first-order chi connectivity index (χ1) is 14.3. The monoisotopic (exact) mass is 428 g/mol. The number of nitrogens with one attached hydrogen (secondary N) is 2. The Bertz CT molecular complexity index is 866. The van der Waals surface area contributed by atoms with E-state index in [4.69, 9.17) is 12.2 Å². The maximum Gasteiger partial charge on any atom is 0.251 e. The average Bonchev–Trinajstić information content (AvgIpc) is 2.92. The fraction of sp³-hybridized carbons (Fsp3) is 0.455. The van der Waals surface area contributed by atoms with Crippen molar-refractivity contribution in [2.24, 2.45) is 0 Å². The van der Waals surface area contributed by atoms with E-state index in [0.717, 1.165) is 19.3 Å². The molecule has 0 aromatic heterocycles. The first-order valence-electron chi connectivity index (χ1n) is 10.3. The van der Waals surface area contributed by atoms with Crippen molar-refractivity contribution < 1.29 is 14.4 Å². The van der Waals surface area contributed by atoms with Crippen LogP contribution < -0.4 is 10.6 Å². The van der Waals surface area contributed by atoms with Gasteiger partial charge in [0.05, 0.1) is 6.42 Å². The predicted octanol–water partition coefficient (Wildman–Crippen LogP) is 3.29. The van der Waals surface area contributed by atoms with Crippen molar-refractivity contribution >= 4 is 46.4 Å². The molecule has 1 aromatic carbocycles. The molecule has 2 N–H and O–H groups in total. The van der Waals surface area contributed by atoms with Gasteiger partial charge in [0, 0.05) is 31.9 Å². The second kappa shape index (κ2) is 9.84. The number of hydrogen-bond donors (Lipinski definition) is 2. The van der Waals surface area contributed by atoms with Gasteiger partial charge in [-0.05, 0) is 68.6 Å². The van der Waals surface area contributed by atoms with E-state index in [-0.39, 0.29) is 24.1 Å². The molecule has 2 aliphatic rings. The fourth-order valence-electron chi connectivity index (χ4n) is 3.85. The van der Waals surface area contributed by atoms with Crippen molar-refractivity contribution in [1.29, 1.82) is 0 Å². The zero-order valence-corrected chi connectivity index (χ0v) is 18.3. The van der Waals surface area contributed by atoms with Gasteiger partial charge in [-0.15, -0.1) is 0 Å². The summed E-state index contributed by atoms with van der Waals surface area (Å²) in [5.41, 5.74) is 2.67. The molecule has 1 atom stereocenters. The van der Waals surface area contributed by atoms with Crippen LogP contribution in [0.5, 0.6) is 0 Å². The highest BCUT2D eigenvalue weighted by molar-refractivity contribution is 7.80. The lowest BCUT2D eigenvalue weighted by Gasteiger charge is -2.24. The molecule has 1 saturated heterocycles. The van der Waals surface area contributed by atoms with Crippen molar-refractivity contribution in [2.45, 2.75) is 51.5 Å². The van der Waals surface area contributed by atoms with Gasteiger partial charge >= 0.3 is 0 Å². The number of nitrogens with zero attached hydrogens (tertiary/aromatic N) is 2. The lowest BCUT2D eigenvalue weighted by Crippen LogP contribution is -2.38. The Morgan fingerprint density at radius 3 is 2.40 bits per heavy atom. The van der Waals surface area contributed by atoms with Gasteiger partial charge in [-0.3, -0.25) is 19.3 Å². The van der Waals surface area contributed by atoms with Gasteiger partial charge in [0.25, 0.3) is 5.91 Å². The Labute approximate surface area is 182 Å². The molecular formula is C22H28N4O3S. The molecule has 1 heterocycles. The highest BCUT2D eigenvalue weighted by atomic mass is 32.1. The quantitative estimate of drug-likeness (QED) is 0.514. The van der Waals surface area contributed by atoms with E-state index in [0.29, 0.717) is 23.0 Å². The summed E-state index contributed by atoms with van der Waals surface area (Å²) in [4.78, 5) is 39.7. The smallest absolute Gasteiger partial charge is 0.251 e. The van der Waals surface area contributed by atoms with Crippen molar-refractivity contribution in [3.63, 3.8) is 0 Å². The lowest BCUT2D eigenvalue weighted by atomic mass is 9.97. The van der Waals surface area contributed by atoms with Gasteiger partial charge in [0.2, 0.25) is 11.8 Å². The van der Waals surface area contributed by atoms with E-state index < -0.39 is 6.04 Å². The molecule has 1 aliphatic carbocycles.